The predicted octanol–water partition coefficient (Wildman–Crippen LogP) is 1.81. The number of hydrogen-bond donors (Lipinski definition) is 2. The molecule has 1 aromatic rings. The Balaban J connectivity index is 1.86. The summed E-state index contributed by atoms with van der Waals surface area (Å²) in [5.41, 5.74) is 0.625. The molecule has 1 aliphatic heterocycles. The van der Waals surface area contributed by atoms with Crippen LogP contribution in [0.25, 0.3) is 0 Å². The predicted molar refractivity (Wildman–Crippen MR) is 82.4 cm³/mol. The van der Waals surface area contributed by atoms with Crippen molar-refractivity contribution in [1.29, 1.82) is 0 Å². The van der Waals surface area contributed by atoms with Gasteiger partial charge in [0.1, 0.15) is 5.82 Å². The summed E-state index contributed by atoms with van der Waals surface area (Å²) in [4.78, 5) is 14.3. The van der Waals surface area contributed by atoms with E-state index in [1.54, 1.807) is 6.92 Å². The number of carbonyl (C=O) groups is 1. The van der Waals surface area contributed by atoms with Crippen molar-refractivity contribution >= 4 is 17.5 Å². The van der Waals surface area contributed by atoms with Gasteiger partial charge in [0.05, 0.1) is 10.6 Å². The van der Waals surface area contributed by atoms with Crippen molar-refractivity contribution in [2.75, 3.05) is 33.2 Å². The van der Waals surface area contributed by atoms with Gasteiger partial charge in [-0.15, -0.1) is 0 Å². The van der Waals surface area contributed by atoms with Crippen molar-refractivity contribution in [1.82, 2.24) is 15.5 Å². The van der Waals surface area contributed by atoms with E-state index in [1.807, 2.05) is 0 Å². The Morgan fingerprint density at radius 2 is 2.33 bits per heavy atom. The monoisotopic (exact) mass is 313 g/mol. The summed E-state index contributed by atoms with van der Waals surface area (Å²) >= 11 is 6.00. The van der Waals surface area contributed by atoms with Crippen LogP contribution in [0.15, 0.2) is 12.1 Å². The zero-order valence-electron chi connectivity index (χ0n) is 12.4. The van der Waals surface area contributed by atoms with Gasteiger partial charge < -0.3 is 15.5 Å². The van der Waals surface area contributed by atoms with Gasteiger partial charge in [-0.1, -0.05) is 11.6 Å². The van der Waals surface area contributed by atoms with Crippen LogP contribution < -0.4 is 10.6 Å². The van der Waals surface area contributed by atoms with Crippen LogP contribution in [0.5, 0.6) is 0 Å². The molecule has 0 spiro atoms. The average molecular weight is 314 g/mol. The van der Waals surface area contributed by atoms with E-state index < -0.39 is 5.82 Å². The number of amides is 1. The summed E-state index contributed by atoms with van der Waals surface area (Å²) in [5.74, 6) is -0.747. The zero-order valence-corrected chi connectivity index (χ0v) is 13.1. The van der Waals surface area contributed by atoms with E-state index >= 15 is 0 Å². The van der Waals surface area contributed by atoms with E-state index in [-0.39, 0.29) is 16.5 Å². The molecule has 0 radical (unpaired) electrons. The number of nitrogens with zero attached hydrogens (tertiary/aromatic N) is 1. The standard InChI is InChI=1S/C15H21ClFN3O/c1-10-7-13(16)12(8-14(10)17)15(21)19-4-3-11-9-20(2)6-5-18-11/h7-8,11,18H,3-6,9H2,1-2H3,(H,19,21). The molecule has 1 fully saturated rings. The van der Waals surface area contributed by atoms with Crippen LogP contribution in [0, 0.1) is 12.7 Å². The minimum atomic E-state index is -0.417. The number of likely N-dealkylation sites (N-methyl/N-ethyl adjacent to an activating group) is 1. The minimum absolute atomic E-state index is 0.188. The topological polar surface area (TPSA) is 44.4 Å². The summed E-state index contributed by atoms with van der Waals surface area (Å²) in [6.07, 6.45) is 0.835. The Kier molecular flexibility index (Phi) is 5.56. The van der Waals surface area contributed by atoms with Gasteiger partial charge in [0.2, 0.25) is 0 Å². The van der Waals surface area contributed by atoms with Crippen molar-refractivity contribution in [3.63, 3.8) is 0 Å². The van der Waals surface area contributed by atoms with Crippen LogP contribution in [0.2, 0.25) is 5.02 Å². The van der Waals surface area contributed by atoms with Gasteiger partial charge in [-0.2, -0.15) is 0 Å². The molecule has 6 heteroatoms. The molecule has 1 atom stereocenters. The quantitative estimate of drug-likeness (QED) is 0.891. The summed E-state index contributed by atoms with van der Waals surface area (Å²) in [5, 5.41) is 6.49. The lowest BCUT2D eigenvalue weighted by molar-refractivity contribution is 0.0950. The third kappa shape index (κ3) is 4.40. The lowest BCUT2D eigenvalue weighted by atomic mass is 10.1. The molecule has 2 N–H and O–H groups in total. The molecule has 1 amide bonds. The van der Waals surface area contributed by atoms with E-state index in [1.165, 1.54) is 12.1 Å². The van der Waals surface area contributed by atoms with Gasteiger partial charge >= 0.3 is 0 Å². The van der Waals surface area contributed by atoms with Crippen molar-refractivity contribution in [3.05, 3.63) is 34.1 Å². The second-order valence-electron chi connectivity index (χ2n) is 5.54. The summed E-state index contributed by atoms with van der Waals surface area (Å²) in [6.45, 7) is 5.13. The van der Waals surface area contributed by atoms with Crippen LogP contribution in [0.3, 0.4) is 0 Å². The molecule has 0 saturated carbocycles. The largest absolute Gasteiger partial charge is 0.352 e. The van der Waals surface area contributed by atoms with Gasteiger partial charge in [0, 0.05) is 32.2 Å². The highest BCUT2D eigenvalue weighted by Crippen LogP contribution is 2.20. The van der Waals surface area contributed by atoms with E-state index in [4.69, 9.17) is 11.6 Å². The first-order chi connectivity index (χ1) is 9.97. The Hall–Kier alpha value is -1.17. The smallest absolute Gasteiger partial charge is 0.252 e. The minimum Gasteiger partial charge on any atom is -0.352 e. The number of hydrogen-bond acceptors (Lipinski definition) is 3. The van der Waals surface area contributed by atoms with Gasteiger partial charge in [-0.3, -0.25) is 4.79 Å². The molecule has 4 nitrogen and oxygen atoms in total. The number of benzene rings is 1. The molecule has 0 aromatic heterocycles. The average Bonchev–Trinajstić information content (AvgIpc) is 2.43. The van der Waals surface area contributed by atoms with Gasteiger partial charge in [-0.25, -0.2) is 4.39 Å². The fraction of sp³-hybridized carbons (Fsp3) is 0.533. The Morgan fingerprint density at radius 1 is 1.57 bits per heavy atom. The maximum atomic E-state index is 13.5. The molecular formula is C15H21ClFN3O. The van der Waals surface area contributed by atoms with Crippen molar-refractivity contribution < 1.29 is 9.18 Å². The Bertz CT molecular complexity index is 524. The highest BCUT2D eigenvalue weighted by molar-refractivity contribution is 6.33. The lowest BCUT2D eigenvalue weighted by Gasteiger charge is -2.30. The molecular weight excluding hydrogens is 293 g/mol. The van der Waals surface area contributed by atoms with Crippen LogP contribution in [-0.2, 0) is 0 Å². The van der Waals surface area contributed by atoms with Crippen molar-refractivity contribution in [2.24, 2.45) is 0 Å². The highest BCUT2D eigenvalue weighted by Gasteiger charge is 2.17. The molecule has 2 rings (SSSR count). The molecule has 1 heterocycles. The van der Waals surface area contributed by atoms with Crippen molar-refractivity contribution in [3.8, 4) is 0 Å². The number of carbonyl (C=O) groups excluding carboxylic acids is 1. The second kappa shape index (κ2) is 7.20. The fourth-order valence-corrected chi connectivity index (χ4v) is 2.76. The molecule has 21 heavy (non-hydrogen) atoms. The van der Waals surface area contributed by atoms with E-state index in [2.05, 4.69) is 22.6 Å². The van der Waals surface area contributed by atoms with Crippen molar-refractivity contribution in [2.45, 2.75) is 19.4 Å². The second-order valence-corrected chi connectivity index (χ2v) is 5.95. The number of piperazine rings is 1. The molecule has 1 unspecified atom stereocenters. The van der Waals surface area contributed by atoms with Gasteiger partial charge in [0.15, 0.2) is 0 Å². The molecule has 0 bridgehead atoms. The molecule has 1 aliphatic rings. The molecule has 116 valence electrons. The summed E-state index contributed by atoms with van der Waals surface area (Å²) in [7, 11) is 2.08. The van der Waals surface area contributed by atoms with E-state index in [0.29, 0.717) is 18.2 Å². The summed E-state index contributed by atoms with van der Waals surface area (Å²) in [6, 6.07) is 3.04. The van der Waals surface area contributed by atoms with Crippen LogP contribution in [-0.4, -0.2) is 50.1 Å². The molecule has 1 saturated heterocycles. The number of nitrogens with one attached hydrogen (secondary N) is 2. The first kappa shape index (κ1) is 16.2. The third-order valence-electron chi connectivity index (χ3n) is 3.73. The van der Waals surface area contributed by atoms with Crippen LogP contribution in [0.1, 0.15) is 22.3 Å². The van der Waals surface area contributed by atoms with E-state index in [9.17, 15) is 9.18 Å². The molecule has 1 aromatic carbocycles. The fourth-order valence-electron chi connectivity index (χ4n) is 2.46. The maximum Gasteiger partial charge on any atom is 0.252 e. The molecule has 0 aliphatic carbocycles. The first-order valence-corrected chi connectivity index (χ1v) is 7.51. The van der Waals surface area contributed by atoms with Gasteiger partial charge in [0.25, 0.3) is 5.91 Å². The zero-order chi connectivity index (χ0) is 15.4. The van der Waals surface area contributed by atoms with Crippen LogP contribution in [0.4, 0.5) is 4.39 Å². The first-order valence-electron chi connectivity index (χ1n) is 7.13. The SMILES string of the molecule is Cc1cc(Cl)c(C(=O)NCCC2CN(C)CCN2)cc1F. The highest BCUT2D eigenvalue weighted by atomic mass is 35.5. The third-order valence-corrected chi connectivity index (χ3v) is 4.04. The van der Waals surface area contributed by atoms with Gasteiger partial charge in [-0.05, 0) is 38.1 Å². The van der Waals surface area contributed by atoms with E-state index in [0.717, 1.165) is 26.1 Å². The number of aryl methyl sites for hydroxylation is 1. The maximum absolute atomic E-state index is 13.5. The lowest BCUT2D eigenvalue weighted by Crippen LogP contribution is -2.50. The normalized spacial score (nSPS) is 19.5. The number of rotatable bonds is 4. The Labute approximate surface area is 129 Å². The summed E-state index contributed by atoms with van der Waals surface area (Å²) < 4.78 is 13.5. The number of halogens is 2. The van der Waals surface area contributed by atoms with Crippen LogP contribution >= 0.6 is 11.6 Å². The Morgan fingerprint density at radius 3 is 3.05 bits per heavy atom.